The van der Waals surface area contributed by atoms with Crippen molar-refractivity contribution in [2.24, 2.45) is 0 Å². The van der Waals surface area contributed by atoms with Gasteiger partial charge in [-0.1, -0.05) is 27.7 Å². The largest absolute Gasteiger partial charge is 0.294 e. The summed E-state index contributed by atoms with van der Waals surface area (Å²) in [6, 6.07) is 4.17. The Balaban J connectivity index is 2.70. The van der Waals surface area contributed by atoms with Crippen molar-refractivity contribution < 1.29 is 0 Å². The van der Waals surface area contributed by atoms with Crippen molar-refractivity contribution in [2.45, 2.75) is 38.2 Å². The number of aromatic nitrogens is 2. The van der Waals surface area contributed by atoms with Gasteiger partial charge in [-0.2, -0.15) is 10.2 Å². The Hall–Kier alpha value is -0.480. The Morgan fingerprint density at radius 1 is 1.17 bits per heavy atom. The smallest absolute Gasteiger partial charge is 0.149 e. The van der Waals surface area contributed by atoms with E-state index in [1.54, 1.807) is 0 Å². The van der Waals surface area contributed by atoms with E-state index in [1.807, 2.05) is 12.3 Å². The van der Waals surface area contributed by atoms with E-state index in [1.165, 1.54) is 5.39 Å². The summed E-state index contributed by atoms with van der Waals surface area (Å²) in [7, 11) is -0.918. The maximum atomic E-state index is 4.59. The third-order valence-corrected chi connectivity index (χ3v) is 9.49. The van der Waals surface area contributed by atoms with Crippen LogP contribution in [0.1, 0.15) is 27.7 Å². The minimum absolute atomic E-state index is 0.633. The average Bonchev–Trinajstić information content (AvgIpc) is 2.73. The zero-order chi connectivity index (χ0) is 13.5. The third-order valence-electron chi connectivity index (χ3n) is 3.83. The van der Waals surface area contributed by atoms with Crippen molar-refractivity contribution in [2.75, 3.05) is 6.26 Å². The molecular weight excluding hydrogens is 308 g/mol. The van der Waals surface area contributed by atoms with Crippen LogP contribution in [0.15, 0.2) is 29.0 Å². The van der Waals surface area contributed by atoms with Gasteiger partial charge in [-0.15, -0.1) is 0 Å². The Morgan fingerprint density at radius 2 is 1.78 bits per heavy atom. The van der Waals surface area contributed by atoms with Crippen molar-refractivity contribution in [3.63, 3.8) is 0 Å². The van der Waals surface area contributed by atoms with Gasteiger partial charge in [0, 0.05) is 22.3 Å². The topological polar surface area (TPSA) is 17.8 Å². The fraction of sp³-hybridized carbons (Fsp3) is 0.500. The van der Waals surface area contributed by atoms with E-state index in [4.69, 9.17) is 0 Å². The lowest BCUT2D eigenvalue weighted by atomic mass is 10.3. The van der Waals surface area contributed by atoms with Crippen LogP contribution >= 0.6 is 26.1 Å². The molecule has 2 heterocycles. The van der Waals surface area contributed by atoms with Gasteiger partial charge in [-0.25, -0.2) is 4.98 Å². The number of hydrogen-bond acceptors (Lipinski definition) is 1. The van der Waals surface area contributed by atoms with E-state index < -0.39 is 10.2 Å². The molecule has 18 heavy (non-hydrogen) atoms. The Labute approximate surface area is 119 Å². The highest BCUT2D eigenvalue weighted by atomic mass is 79.9. The van der Waals surface area contributed by atoms with Gasteiger partial charge in [0.15, 0.2) is 0 Å². The first-order valence-electron chi connectivity index (χ1n) is 6.27. The molecule has 0 saturated carbocycles. The van der Waals surface area contributed by atoms with Gasteiger partial charge in [-0.05, 0) is 44.8 Å². The molecule has 0 saturated heterocycles. The molecule has 0 amide bonds. The molecule has 0 unspecified atom stereocenters. The first kappa shape index (κ1) is 13.9. The summed E-state index contributed by atoms with van der Waals surface area (Å²) in [5.41, 5.74) is 1.10. The first-order valence-corrected chi connectivity index (χ1v) is 9.19. The highest BCUT2D eigenvalue weighted by Crippen LogP contribution is 2.55. The van der Waals surface area contributed by atoms with Crippen molar-refractivity contribution in [3.8, 4) is 0 Å². The molecule has 0 N–H and O–H groups in total. The molecule has 0 fully saturated rings. The molecule has 100 valence electrons. The fourth-order valence-electron chi connectivity index (χ4n) is 2.30. The second-order valence-electron chi connectivity index (χ2n) is 5.27. The average molecular weight is 329 g/mol. The SMILES string of the molecule is CC(C)S(C)(C(C)C)n1ccc2c(Br)ccnc21. The maximum absolute atomic E-state index is 4.59. The summed E-state index contributed by atoms with van der Waals surface area (Å²) in [5, 5.41) is 2.47. The number of pyridine rings is 1. The summed E-state index contributed by atoms with van der Waals surface area (Å²) < 4.78 is 3.54. The van der Waals surface area contributed by atoms with Gasteiger partial charge in [0.05, 0.1) is 0 Å². The second-order valence-corrected chi connectivity index (χ2v) is 10.4. The van der Waals surface area contributed by atoms with E-state index >= 15 is 0 Å². The second kappa shape index (κ2) is 4.89. The van der Waals surface area contributed by atoms with Crippen LogP contribution in [-0.2, 0) is 0 Å². The number of nitrogens with zero attached hydrogens (tertiary/aromatic N) is 2. The van der Waals surface area contributed by atoms with Gasteiger partial charge >= 0.3 is 0 Å². The lowest BCUT2D eigenvalue weighted by Crippen LogP contribution is -2.26. The lowest BCUT2D eigenvalue weighted by molar-refractivity contribution is 0.977. The molecule has 2 aromatic heterocycles. The number of halogens is 1. The van der Waals surface area contributed by atoms with Gasteiger partial charge < -0.3 is 0 Å². The summed E-state index contributed by atoms with van der Waals surface area (Å²) in [6.07, 6.45) is 6.49. The summed E-state index contributed by atoms with van der Waals surface area (Å²) in [5.74, 6) is 0. The molecule has 4 heteroatoms. The molecule has 0 aliphatic rings. The molecule has 2 nitrogen and oxygen atoms in total. The van der Waals surface area contributed by atoms with Gasteiger partial charge in [0.2, 0.25) is 0 Å². The normalized spacial score (nSPS) is 13.8. The van der Waals surface area contributed by atoms with Crippen molar-refractivity contribution in [1.82, 2.24) is 8.96 Å². The molecule has 0 atom stereocenters. The van der Waals surface area contributed by atoms with Crippen LogP contribution in [-0.4, -0.2) is 25.7 Å². The van der Waals surface area contributed by atoms with Gasteiger partial charge in [-0.3, -0.25) is 3.97 Å². The van der Waals surface area contributed by atoms with E-state index in [0.29, 0.717) is 10.5 Å². The van der Waals surface area contributed by atoms with Crippen molar-refractivity contribution >= 4 is 37.2 Å². The maximum Gasteiger partial charge on any atom is 0.149 e. The van der Waals surface area contributed by atoms with E-state index in [2.05, 4.69) is 71.1 Å². The quantitative estimate of drug-likeness (QED) is 0.790. The zero-order valence-electron chi connectivity index (χ0n) is 11.6. The number of fused-ring (bicyclic) bond motifs is 1. The predicted octanol–water partition coefficient (Wildman–Crippen LogP) is 4.81. The Kier molecular flexibility index (Phi) is 3.79. The molecule has 0 aliphatic carbocycles. The Morgan fingerprint density at radius 3 is 2.33 bits per heavy atom. The highest BCUT2D eigenvalue weighted by molar-refractivity contribution is 9.10. The molecule has 0 aliphatic heterocycles. The molecular formula is C14H21BrN2S. The molecule has 2 aromatic rings. The van der Waals surface area contributed by atoms with E-state index in [-0.39, 0.29) is 0 Å². The Bertz CT molecular complexity index is 552. The molecule has 2 rings (SSSR count). The fourth-order valence-corrected chi connectivity index (χ4v) is 5.56. The first-order chi connectivity index (χ1) is 8.39. The van der Waals surface area contributed by atoms with Crippen LogP contribution < -0.4 is 0 Å². The zero-order valence-corrected chi connectivity index (χ0v) is 14.0. The van der Waals surface area contributed by atoms with E-state index in [9.17, 15) is 0 Å². The van der Waals surface area contributed by atoms with Crippen LogP contribution in [0.2, 0.25) is 0 Å². The minimum Gasteiger partial charge on any atom is -0.294 e. The van der Waals surface area contributed by atoms with Crippen LogP contribution in [0.5, 0.6) is 0 Å². The molecule has 0 spiro atoms. The van der Waals surface area contributed by atoms with Gasteiger partial charge in [0.25, 0.3) is 0 Å². The van der Waals surface area contributed by atoms with Crippen LogP contribution in [0.3, 0.4) is 0 Å². The predicted molar refractivity (Wildman–Crippen MR) is 86.6 cm³/mol. The van der Waals surface area contributed by atoms with Crippen LogP contribution in [0.4, 0.5) is 0 Å². The third kappa shape index (κ3) is 1.99. The van der Waals surface area contributed by atoms with Crippen LogP contribution in [0, 0.1) is 0 Å². The highest BCUT2D eigenvalue weighted by Gasteiger charge is 2.29. The van der Waals surface area contributed by atoms with Crippen molar-refractivity contribution in [1.29, 1.82) is 0 Å². The molecule has 0 aromatic carbocycles. The van der Waals surface area contributed by atoms with Gasteiger partial charge in [0.1, 0.15) is 5.65 Å². The number of rotatable bonds is 3. The lowest BCUT2D eigenvalue weighted by Gasteiger charge is -2.45. The summed E-state index contributed by atoms with van der Waals surface area (Å²) in [6.45, 7) is 9.27. The minimum atomic E-state index is -0.918. The van der Waals surface area contributed by atoms with Crippen LogP contribution in [0.25, 0.3) is 11.0 Å². The molecule has 0 bridgehead atoms. The molecule has 0 radical (unpaired) electrons. The summed E-state index contributed by atoms with van der Waals surface area (Å²) in [4.78, 5) is 4.59. The summed E-state index contributed by atoms with van der Waals surface area (Å²) >= 11 is 3.61. The number of hydrogen-bond donors (Lipinski definition) is 0. The standard InChI is InChI=1S/C14H21BrN2S/c1-10(2)18(5,11(3)4)17-9-7-12-13(15)6-8-16-14(12)17/h6-11H,1-5H3. The monoisotopic (exact) mass is 328 g/mol. The van der Waals surface area contributed by atoms with E-state index in [0.717, 1.165) is 10.1 Å². The van der Waals surface area contributed by atoms with Crippen molar-refractivity contribution in [3.05, 3.63) is 29.0 Å².